The van der Waals surface area contributed by atoms with Gasteiger partial charge in [-0.3, -0.25) is 4.98 Å². The molecule has 60 valence electrons. The molecule has 11 heavy (non-hydrogen) atoms. The highest BCUT2D eigenvalue weighted by Crippen LogP contribution is 1.86. The smallest absolute Gasteiger partial charge is 0.0428 e. The number of rotatable bonds is 1. The summed E-state index contributed by atoms with van der Waals surface area (Å²) in [5.41, 5.74) is 1.02. The average molecular weight is 170 g/mol. The van der Waals surface area contributed by atoms with Gasteiger partial charge in [-0.2, -0.15) is 0 Å². The molecule has 0 amide bonds. The second-order valence-corrected chi connectivity index (χ2v) is 2.38. The molecule has 0 saturated heterocycles. The van der Waals surface area contributed by atoms with Crippen LogP contribution in [0.15, 0.2) is 42.7 Å². The zero-order chi connectivity index (χ0) is 8.53. The van der Waals surface area contributed by atoms with Gasteiger partial charge in [0, 0.05) is 18.3 Å². The van der Waals surface area contributed by atoms with Crippen LogP contribution in [0.1, 0.15) is 6.92 Å². The molecule has 0 N–H and O–H groups in total. The van der Waals surface area contributed by atoms with Crippen molar-refractivity contribution < 1.29 is 0 Å². The zero-order valence-electron chi connectivity index (χ0n) is 6.63. The Morgan fingerprint density at radius 1 is 1.36 bits per heavy atom. The van der Waals surface area contributed by atoms with E-state index in [4.69, 9.17) is 11.6 Å². The molecule has 0 saturated carbocycles. The highest BCUT2D eigenvalue weighted by molar-refractivity contribution is 6.19. The summed E-state index contributed by atoms with van der Waals surface area (Å²) in [6.07, 6.45) is 3.50. The first-order valence-corrected chi connectivity index (χ1v) is 3.86. The van der Waals surface area contributed by atoms with Gasteiger partial charge in [-0.25, -0.2) is 0 Å². The Balaban J connectivity index is 0.000000187. The van der Waals surface area contributed by atoms with E-state index in [-0.39, 0.29) is 0 Å². The number of allylic oxidation sites excluding steroid dienone is 1. The summed E-state index contributed by atoms with van der Waals surface area (Å²) < 4.78 is 0. The van der Waals surface area contributed by atoms with Gasteiger partial charge in [0.2, 0.25) is 0 Å². The third-order valence-electron chi connectivity index (χ3n) is 0.795. The molecule has 2 heteroatoms. The van der Waals surface area contributed by atoms with Crippen molar-refractivity contribution in [1.29, 1.82) is 0 Å². The first-order chi connectivity index (χ1) is 5.27. The third-order valence-corrected chi connectivity index (χ3v) is 1.25. The lowest BCUT2D eigenvalue weighted by Crippen LogP contribution is -1.65. The Kier molecular flexibility index (Phi) is 6.75. The molecule has 1 rings (SSSR count). The van der Waals surface area contributed by atoms with Gasteiger partial charge in [-0.15, -0.1) is 11.6 Å². The summed E-state index contributed by atoms with van der Waals surface area (Å²) in [6, 6.07) is 5.72. The van der Waals surface area contributed by atoms with Gasteiger partial charge >= 0.3 is 0 Å². The largest absolute Gasteiger partial charge is 0.265 e. The van der Waals surface area contributed by atoms with Crippen molar-refractivity contribution >= 4 is 11.6 Å². The van der Waals surface area contributed by atoms with Gasteiger partial charge in [0.25, 0.3) is 0 Å². The van der Waals surface area contributed by atoms with Crippen molar-refractivity contribution in [3.05, 3.63) is 42.7 Å². The van der Waals surface area contributed by atoms with Crippen LogP contribution in [-0.2, 0) is 0 Å². The molecular formula is C9H12ClN. The summed E-state index contributed by atoms with van der Waals surface area (Å²) in [5, 5.41) is 0. The van der Waals surface area contributed by atoms with E-state index in [1.54, 1.807) is 12.4 Å². The van der Waals surface area contributed by atoms with Gasteiger partial charge in [-0.1, -0.05) is 18.2 Å². The first-order valence-electron chi connectivity index (χ1n) is 3.32. The number of halogens is 1. The highest BCUT2D eigenvalue weighted by atomic mass is 35.5. The monoisotopic (exact) mass is 169 g/mol. The van der Waals surface area contributed by atoms with Gasteiger partial charge in [0.05, 0.1) is 0 Å². The molecule has 1 aromatic rings. The van der Waals surface area contributed by atoms with Crippen LogP contribution in [0.5, 0.6) is 0 Å². The number of pyridine rings is 1. The highest BCUT2D eigenvalue weighted by Gasteiger charge is 1.70. The van der Waals surface area contributed by atoms with Crippen LogP contribution in [0.4, 0.5) is 0 Å². The molecule has 0 aliphatic carbocycles. The minimum absolute atomic E-state index is 0.583. The van der Waals surface area contributed by atoms with Crippen molar-refractivity contribution in [1.82, 2.24) is 4.98 Å². The van der Waals surface area contributed by atoms with Gasteiger partial charge in [0.15, 0.2) is 0 Å². The molecule has 0 fully saturated rings. The van der Waals surface area contributed by atoms with Crippen molar-refractivity contribution in [3.63, 3.8) is 0 Å². The molecule has 1 nitrogen and oxygen atoms in total. The van der Waals surface area contributed by atoms with E-state index >= 15 is 0 Å². The summed E-state index contributed by atoms with van der Waals surface area (Å²) >= 11 is 5.24. The minimum Gasteiger partial charge on any atom is -0.265 e. The molecule has 0 spiro atoms. The van der Waals surface area contributed by atoms with Crippen LogP contribution in [0.3, 0.4) is 0 Å². The van der Waals surface area contributed by atoms with Gasteiger partial charge in [0.1, 0.15) is 0 Å². The fourth-order valence-corrected chi connectivity index (χ4v) is 0.313. The van der Waals surface area contributed by atoms with Crippen LogP contribution in [0, 0.1) is 0 Å². The Bertz CT molecular complexity index is 157. The molecule has 0 atom stereocenters. The number of hydrogen-bond acceptors (Lipinski definition) is 1. The fraction of sp³-hybridized carbons (Fsp3) is 0.222. The molecule has 0 bridgehead atoms. The van der Waals surface area contributed by atoms with E-state index in [0.29, 0.717) is 5.88 Å². The second kappa shape index (κ2) is 7.29. The molecule has 0 unspecified atom stereocenters. The Morgan fingerprint density at radius 3 is 1.91 bits per heavy atom. The van der Waals surface area contributed by atoms with Crippen LogP contribution in [0.2, 0.25) is 0 Å². The van der Waals surface area contributed by atoms with E-state index in [1.807, 2.05) is 25.1 Å². The maximum Gasteiger partial charge on any atom is 0.0428 e. The van der Waals surface area contributed by atoms with E-state index < -0.39 is 0 Å². The molecule has 0 radical (unpaired) electrons. The summed E-state index contributed by atoms with van der Waals surface area (Å²) in [5.74, 6) is 0.583. The average Bonchev–Trinajstić information content (AvgIpc) is 2.09. The number of alkyl halides is 1. The quantitative estimate of drug-likeness (QED) is 0.466. The Labute approximate surface area is 72.7 Å². The maximum absolute atomic E-state index is 5.24. The van der Waals surface area contributed by atoms with Gasteiger partial charge < -0.3 is 0 Å². The second-order valence-electron chi connectivity index (χ2n) is 2.12. The predicted octanol–water partition coefficient (Wildman–Crippen LogP) is 2.88. The van der Waals surface area contributed by atoms with E-state index in [1.165, 1.54) is 0 Å². The van der Waals surface area contributed by atoms with Crippen molar-refractivity contribution in [2.24, 2.45) is 0 Å². The standard InChI is InChI=1S/C5H5N.C4H7Cl/c1-2-4-6-5-3-1;1-4(2)3-5/h1-5H;1,3H2,2H3. The Hall–Kier alpha value is -0.820. The predicted molar refractivity (Wildman–Crippen MR) is 49.8 cm³/mol. The van der Waals surface area contributed by atoms with E-state index in [9.17, 15) is 0 Å². The molecule has 1 aromatic heterocycles. The molecule has 0 aliphatic rings. The summed E-state index contributed by atoms with van der Waals surface area (Å²) in [4.78, 5) is 3.78. The third kappa shape index (κ3) is 9.18. The first kappa shape index (κ1) is 10.2. The van der Waals surface area contributed by atoms with Crippen molar-refractivity contribution in [3.8, 4) is 0 Å². The van der Waals surface area contributed by atoms with Crippen LogP contribution >= 0.6 is 11.6 Å². The number of aromatic nitrogens is 1. The zero-order valence-corrected chi connectivity index (χ0v) is 7.38. The normalized spacial score (nSPS) is 7.82. The number of hydrogen-bond donors (Lipinski definition) is 0. The Morgan fingerprint density at radius 2 is 1.82 bits per heavy atom. The SMILES string of the molecule is C=C(C)CCl.c1ccncc1. The van der Waals surface area contributed by atoms with Crippen LogP contribution in [0.25, 0.3) is 0 Å². The van der Waals surface area contributed by atoms with Crippen LogP contribution in [-0.4, -0.2) is 10.9 Å². The van der Waals surface area contributed by atoms with Crippen molar-refractivity contribution in [2.45, 2.75) is 6.92 Å². The molecular weight excluding hydrogens is 158 g/mol. The lowest BCUT2D eigenvalue weighted by molar-refractivity contribution is 1.33. The van der Waals surface area contributed by atoms with Crippen molar-refractivity contribution in [2.75, 3.05) is 5.88 Å². The summed E-state index contributed by atoms with van der Waals surface area (Å²) in [6.45, 7) is 5.44. The lowest BCUT2D eigenvalue weighted by Gasteiger charge is -1.77. The minimum atomic E-state index is 0.583. The topological polar surface area (TPSA) is 12.9 Å². The maximum atomic E-state index is 5.24. The lowest BCUT2D eigenvalue weighted by atomic mass is 10.4. The van der Waals surface area contributed by atoms with Crippen LogP contribution < -0.4 is 0 Å². The van der Waals surface area contributed by atoms with E-state index in [2.05, 4.69) is 11.6 Å². The number of nitrogens with zero attached hydrogens (tertiary/aromatic N) is 1. The summed E-state index contributed by atoms with van der Waals surface area (Å²) in [7, 11) is 0. The molecule has 1 heterocycles. The van der Waals surface area contributed by atoms with Gasteiger partial charge in [-0.05, 0) is 19.1 Å². The fourth-order valence-electron chi connectivity index (χ4n) is 0.313. The van der Waals surface area contributed by atoms with E-state index in [0.717, 1.165) is 5.57 Å². The molecule has 0 aromatic carbocycles. The molecule has 0 aliphatic heterocycles.